The molecular formula is C15H20N2S. The van der Waals surface area contributed by atoms with Crippen molar-refractivity contribution >= 4 is 11.3 Å². The lowest BCUT2D eigenvalue weighted by molar-refractivity contribution is 0.505. The van der Waals surface area contributed by atoms with Gasteiger partial charge in [-0.1, -0.05) is 6.92 Å². The monoisotopic (exact) mass is 260 g/mol. The van der Waals surface area contributed by atoms with E-state index < -0.39 is 0 Å². The molecule has 0 saturated heterocycles. The molecule has 0 aliphatic carbocycles. The number of hydrogen-bond acceptors (Lipinski definition) is 3. The van der Waals surface area contributed by atoms with Crippen LogP contribution < -0.4 is 5.32 Å². The fourth-order valence-electron chi connectivity index (χ4n) is 2.06. The Morgan fingerprint density at radius 2 is 1.94 bits per heavy atom. The molecule has 2 rings (SSSR count). The van der Waals surface area contributed by atoms with Crippen molar-refractivity contribution in [1.29, 1.82) is 0 Å². The number of nitrogens with one attached hydrogen (secondary N) is 1. The Kier molecular flexibility index (Phi) is 5.36. The Balaban J connectivity index is 1.96. The number of pyridine rings is 1. The van der Waals surface area contributed by atoms with Gasteiger partial charge >= 0.3 is 0 Å². The second kappa shape index (κ2) is 7.29. The molecule has 96 valence electrons. The summed E-state index contributed by atoms with van der Waals surface area (Å²) < 4.78 is 0. The summed E-state index contributed by atoms with van der Waals surface area (Å²) in [6.07, 6.45) is 7.09. The van der Waals surface area contributed by atoms with Crippen LogP contribution in [0.4, 0.5) is 0 Å². The zero-order valence-corrected chi connectivity index (χ0v) is 11.6. The zero-order valence-electron chi connectivity index (χ0n) is 10.8. The molecule has 0 aliphatic rings. The number of nitrogens with zero attached hydrogens (tertiary/aromatic N) is 1. The Labute approximate surface area is 113 Å². The van der Waals surface area contributed by atoms with Gasteiger partial charge in [0.2, 0.25) is 0 Å². The minimum Gasteiger partial charge on any atom is -0.313 e. The predicted molar refractivity (Wildman–Crippen MR) is 78.0 cm³/mol. The summed E-state index contributed by atoms with van der Waals surface area (Å²) in [7, 11) is 0. The standard InChI is InChI=1S/C15H20N2S/c1-2-6-17-15(11-14-5-9-18-12-14)10-13-3-7-16-8-4-13/h3-5,7-9,12,15,17H,2,6,10-11H2,1H3. The Morgan fingerprint density at radius 3 is 2.61 bits per heavy atom. The second-order valence-electron chi connectivity index (χ2n) is 4.55. The van der Waals surface area contributed by atoms with Crippen LogP contribution in [0.1, 0.15) is 24.5 Å². The van der Waals surface area contributed by atoms with Crippen LogP contribution in [0, 0.1) is 0 Å². The van der Waals surface area contributed by atoms with Crippen LogP contribution in [0.25, 0.3) is 0 Å². The molecule has 0 bridgehead atoms. The fourth-order valence-corrected chi connectivity index (χ4v) is 2.74. The molecule has 0 amide bonds. The van der Waals surface area contributed by atoms with Crippen LogP contribution in [0.5, 0.6) is 0 Å². The van der Waals surface area contributed by atoms with E-state index in [2.05, 4.69) is 46.2 Å². The molecule has 2 nitrogen and oxygen atoms in total. The van der Waals surface area contributed by atoms with Crippen molar-refractivity contribution in [2.75, 3.05) is 6.54 Å². The fraction of sp³-hybridized carbons (Fsp3) is 0.400. The van der Waals surface area contributed by atoms with Crippen molar-refractivity contribution in [2.45, 2.75) is 32.2 Å². The molecule has 0 aromatic carbocycles. The van der Waals surface area contributed by atoms with E-state index in [4.69, 9.17) is 0 Å². The maximum atomic E-state index is 4.07. The van der Waals surface area contributed by atoms with E-state index in [1.165, 1.54) is 17.5 Å². The molecule has 0 fully saturated rings. The summed E-state index contributed by atoms with van der Waals surface area (Å²) in [5.74, 6) is 0. The molecule has 2 heterocycles. The number of hydrogen-bond donors (Lipinski definition) is 1. The molecule has 3 heteroatoms. The van der Waals surface area contributed by atoms with Crippen molar-refractivity contribution < 1.29 is 0 Å². The normalized spacial score (nSPS) is 12.5. The SMILES string of the molecule is CCCNC(Cc1ccncc1)Cc1ccsc1. The van der Waals surface area contributed by atoms with Gasteiger partial charge in [-0.15, -0.1) is 0 Å². The topological polar surface area (TPSA) is 24.9 Å². The van der Waals surface area contributed by atoms with Crippen molar-refractivity contribution in [1.82, 2.24) is 10.3 Å². The molecule has 2 aromatic heterocycles. The van der Waals surface area contributed by atoms with Crippen LogP contribution in [0.2, 0.25) is 0 Å². The minimum absolute atomic E-state index is 0.516. The van der Waals surface area contributed by atoms with Gasteiger partial charge in [0.1, 0.15) is 0 Å². The molecule has 1 atom stereocenters. The van der Waals surface area contributed by atoms with E-state index in [1.807, 2.05) is 12.4 Å². The minimum atomic E-state index is 0.516. The van der Waals surface area contributed by atoms with Gasteiger partial charge in [-0.3, -0.25) is 4.98 Å². The highest BCUT2D eigenvalue weighted by Crippen LogP contribution is 2.12. The molecule has 0 saturated carbocycles. The average molecular weight is 260 g/mol. The Morgan fingerprint density at radius 1 is 1.17 bits per heavy atom. The van der Waals surface area contributed by atoms with Crippen molar-refractivity contribution in [3.63, 3.8) is 0 Å². The van der Waals surface area contributed by atoms with Crippen molar-refractivity contribution in [2.24, 2.45) is 0 Å². The first-order valence-corrected chi connectivity index (χ1v) is 7.46. The number of thiophene rings is 1. The van der Waals surface area contributed by atoms with Crippen LogP contribution in [0.3, 0.4) is 0 Å². The second-order valence-corrected chi connectivity index (χ2v) is 5.33. The summed E-state index contributed by atoms with van der Waals surface area (Å²) in [5.41, 5.74) is 2.79. The average Bonchev–Trinajstić information content (AvgIpc) is 2.90. The van der Waals surface area contributed by atoms with E-state index in [9.17, 15) is 0 Å². The Hall–Kier alpha value is -1.19. The van der Waals surface area contributed by atoms with Gasteiger partial charge in [-0.25, -0.2) is 0 Å². The molecule has 0 aliphatic heterocycles. The van der Waals surface area contributed by atoms with E-state index in [0.717, 1.165) is 19.4 Å². The highest BCUT2D eigenvalue weighted by Gasteiger charge is 2.10. The first-order valence-electron chi connectivity index (χ1n) is 6.52. The molecule has 1 unspecified atom stereocenters. The summed E-state index contributed by atoms with van der Waals surface area (Å²) in [4.78, 5) is 4.07. The summed E-state index contributed by atoms with van der Waals surface area (Å²) in [6, 6.07) is 6.95. The van der Waals surface area contributed by atoms with Gasteiger partial charge in [0.15, 0.2) is 0 Å². The molecule has 0 radical (unpaired) electrons. The summed E-state index contributed by atoms with van der Waals surface area (Å²) in [5, 5.41) is 8.04. The highest BCUT2D eigenvalue weighted by molar-refractivity contribution is 7.07. The van der Waals surface area contributed by atoms with Crippen molar-refractivity contribution in [3.8, 4) is 0 Å². The summed E-state index contributed by atoms with van der Waals surface area (Å²) >= 11 is 1.77. The highest BCUT2D eigenvalue weighted by atomic mass is 32.1. The van der Waals surface area contributed by atoms with Gasteiger partial charge in [0.05, 0.1) is 0 Å². The van der Waals surface area contributed by atoms with Gasteiger partial charge < -0.3 is 5.32 Å². The third-order valence-corrected chi connectivity index (χ3v) is 3.71. The van der Waals surface area contributed by atoms with Crippen molar-refractivity contribution in [3.05, 3.63) is 52.5 Å². The molecule has 0 spiro atoms. The first kappa shape index (κ1) is 13.2. The number of aromatic nitrogens is 1. The van der Waals surface area contributed by atoms with Crippen LogP contribution in [-0.4, -0.2) is 17.6 Å². The molecular weight excluding hydrogens is 240 g/mol. The largest absolute Gasteiger partial charge is 0.313 e. The molecule has 18 heavy (non-hydrogen) atoms. The maximum absolute atomic E-state index is 4.07. The lowest BCUT2D eigenvalue weighted by Crippen LogP contribution is -2.33. The molecule has 2 aromatic rings. The molecule has 1 N–H and O–H groups in total. The Bertz CT molecular complexity index is 425. The van der Waals surface area contributed by atoms with Gasteiger partial charge in [-0.2, -0.15) is 11.3 Å². The maximum Gasteiger partial charge on any atom is 0.0270 e. The van der Waals surface area contributed by atoms with E-state index in [-0.39, 0.29) is 0 Å². The quantitative estimate of drug-likeness (QED) is 0.826. The summed E-state index contributed by atoms with van der Waals surface area (Å²) in [6.45, 7) is 3.29. The van der Waals surface area contributed by atoms with Gasteiger partial charge in [0.25, 0.3) is 0 Å². The first-order chi connectivity index (χ1) is 8.88. The lowest BCUT2D eigenvalue weighted by atomic mass is 10.0. The number of rotatable bonds is 7. The lowest BCUT2D eigenvalue weighted by Gasteiger charge is -2.18. The van der Waals surface area contributed by atoms with Gasteiger partial charge in [-0.05, 0) is 65.9 Å². The van der Waals surface area contributed by atoms with Crippen LogP contribution in [-0.2, 0) is 12.8 Å². The van der Waals surface area contributed by atoms with Crippen LogP contribution >= 0.6 is 11.3 Å². The van der Waals surface area contributed by atoms with E-state index >= 15 is 0 Å². The van der Waals surface area contributed by atoms with Crippen LogP contribution in [0.15, 0.2) is 41.4 Å². The zero-order chi connectivity index (χ0) is 12.6. The smallest absolute Gasteiger partial charge is 0.0270 e. The van der Waals surface area contributed by atoms with Gasteiger partial charge in [0, 0.05) is 18.4 Å². The van der Waals surface area contributed by atoms with E-state index in [0.29, 0.717) is 6.04 Å². The predicted octanol–water partition coefficient (Wildman–Crippen LogP) is 3.30. The van der Waals surface area contributed by atoms with E-state index in [1.54, 1.807) is 11.3 Å². The third-order valence-electron chi connectivity index (χ3n) is 2.98. The third kappa shape index (κ3) is 4.24.